The molecule has 0 bridgehead atoms. The zero-order valence-electron chi connectivity index (χ0n) is 17.1. The van der Waals surface area contributed by atoms with Crippen LogP contribution in [0.15, 0.2) is 42.5 Å². The summed E-state index contributed by atoms with van der Waals surface area (Å²) in [6.07, 6.45) is 0. The average molecular weight is 421 g/mol. The van der Waals surface area contributed by atoms with Gasteiger partial charge < -0.3 is 24.4 Å². The Hall–Kier alpha value is -2.44. The third-order valence-corrected chi connectivity index (χ3v) is 4.79. The van der Waals surface area contributed by atoms with E-state index in [2.05, 4.69) is 5.32 Å². The van der Waals surface area contributed by atoms with Crippen molar-refractivity contribution in [1.82, 2.24) is 10.2 Å². The zero-order valence-corrected chi connectivity index (χ0v) is 18.0. The summed E-state index contributed by atoms with van der Waals surface area (Å²) in [5.41, 5.74) is 1.59. The number of rotatable bonds is 7. The smallest absolute Gasteiger partial charge is 0.254 e. The maximum atomic E-state index is 13.4. The first-order chi connectivity index (χ1) is 13.7. The van der Waals surface area contributed by atoms with Crippen LogP contribution in [-0.4, -0.2) is 50.8 Å². The molecule has 2 aromatic rings. The van der Waals surface area contributed by atoms with Crippen molar-refractivity contribution in [1.29, 1.82) is 0 Å². The highest BCUT2D eigenvalue weighted by atomic mass is 35.5. The average Bonchev–Trinajstić information content (AvgIpc) is 2.74. The molecule has 1 amide bonds. The lowest BCUT2D eigenvalue weighted by atomic mass is 10.0. The Morgan fingerprint density at radius 1 is 1.07 bits per heavy atom. The van der Waals surface area contributed by atoms with Crippen molar-refractivity contribution in [3.05, 3.63) is 53.6 Å². The number of halogens is 1. The number of carbonyl (C=O) groups is 1. The molecule has 1 aliphatic rings. The molecule has 158 valence electrons. The fourth-order valence-corrected chi connectivity index (χ4v) is 3.52. The first-order valence-electron chi connectivity index (χ1n) is 9.73. The number of hydrogen-bond acceptors (Lipinski definition) is 5. The number of nitrogens with zero attached hydrogens (tertiary/aromatic N) is 1. The Morgan fingerprint density at radius 2 is 1.79 bits per heavy atom. The van der Waals surface area contributed by atoms with Gasteiger partial charge in [-0.05, 0) is 38.1 Å². The molecular weight excluding hydrogens is 392 g/mol. The Bertz CT molecular complexity index is 815. The normalized spacial score (nSPS) is 16.0. The van der Waals surface area contributed by atoms with E-state index in [1.54, 1.807) is 19.2 Å². The van der Waals surface area contributed by atoms with Gasteiger partial charge in [-0.3, -0.25) is 4.79 Å². The van der Waals surface area contributed by atoms with Crippen molar-refractivity contribution in [2.45, 2.75) is 19.9 Å². The van der Waals surface area contributed by atoms with Gasteiger partial charge in [-0.25, -0.2) is 0 Å². The van der Waals surface area contributed by atoms with Crippen molar-refractivity contribution in [3.8, 4) is 17.2 Å². The predicted molar refractivity (Wildman–Crippen MR) is 116 cm³/mol. The quantitative estimate of drug-likeness (QED) is 0.740. The number of methoxy groups -OCH3 is 1. The second kappa shape index (κ2) is 10.9. The molecule has 0 saturated carbocycles. The summed E-state index contributed by atoms with van der Waals surface area (Å²) in [7, 11) is 1.65. The molecule has 0 spiro atoms. The molecule has 29 heavy (non-hydrogen) atoms. The topological polar surface area (TPSA) is 60.0 Å². The minimum atomic E-state index is -0.0977. The van der Waals surface area contributed by atoms with Crippen molar-refractivity contribution < 1.29 is 19.0 Å². The van der Waals surface area contributed by atoms with Crippen molar-refractivity contribution >= 4 is 18.3 Å². The summed E-state index contributed by atoms with van der Waals surface area (Å²) in [6, 6.07) is 13.1. The third-order valence-electron chi connectivity index (χ3n) is 4.79. The van der Waals surface area contributed by atoms with E-state index in [4.69, 9.17) is 14.2 Å². The van der Waals surface area contributed by atoms with E-state index in [1.165, 1.54) is 0 Å². The number of nitrogens with one attached hydrogen (secondary N) is 1. The molecule has 1 heterocycles. The summed E-state index contributed by atoms with van der Waals surface area (Å²) < 4.78 is 16.8. The van der Waals surface area contributed by atoms with Crippen LogP contribution in [0.1, 0.15) is 35.8 Å². The molecule has 1 unspecified atom stereocenters. The van der Waals surface area contributed by atoms with Crippen LogP contribution in [0.2, 0.25) is 0 Å². The van der Waals surface area contributed by atoms with Gasteiger partial charge in [0.05, 0.1) is 26.4 Å². The molecule has 7 heteroatoms. The minimum absolute atomic E-state index is 0. The SMILES string of the molecule is CCOc1ccc(C(=O)N2CCNCC2c2ccccc2OC)cc1OCC.Cl. The van der Waals surface area contributed by atoms with Gasteiger partial charge in [0.25, 0.3) is 5.91 Å². The molecule has 0 radical (unpaired) electrons. The second-order valence-corrected chi connectivity index (χ2v) is 6.49. The molecular formula is C22H29ClN2O4. The number of hydrogen-bond donors (Lipinski definition) is 1. The minimum Gasteiger partial charge on any atom is -0.496 e. The molecule has 1 saturated heterocycles. The van der Waals surface area contributed by atoms with Gasteiger partial charge in [-0.2, -0.15) is 0 Å². The van der Waals surface area contributed by atoms with E-state index in [1.807, 2.05) is 49.1 Å². The van der Waals surface area contributed by atoms with Crippen LogP contribution < -0.4 is 19.5 Å². The van der Waals surface area contributed by atoms with Crippen LogP contribution in [0.4, 0.5) is 0 Å². The molecule has 3 rings (SSSR count). The van der Waals surface area contributed by atoms with Crippen LogP contribution >= 0.6 is 12.4 Å². The van der Waals surface area contributed by atoms with Crippen molar-refractivity contribution in [2.75, 3.05) is 40.0 Å². The number of para-hydroxylation sites is 1. The highest BCUT2D eigenvalue weighted by Crippen LogP contribution is 2.33. The lowest BCUT2D eigenvalue weighted by Crippen LogP contribution is -2.48. The van der Waals surface area contributed by atoms with Gasteiger partial charge in [0.15, 0.2) is 11.5 Å². The van der Waals surface area contributed by atoms with Gasteiger partial charge in [0.1, 0.15) is 5.75 Å². The standard InChI is InChI=1S/C22H28N2O4.ClH/c1-4-27-20-11-10-16(14-21(20)28-5-2)22(25)24-13-12-23-15-18(24)17-8-6-7-9-19(17)26-3;/h6-11,14,18,23H,4-5,12-13,15H2,1-3H3;1H. The van der Waals surface area contributed by atoms with Crippen LogP contribution in [0, 0.1) is 0 Å². The summed E-state index contributed by atoms with van der Waals surface area (Å²) in [5.74, 6) is 2.01. The maximum absolute atomic E-state index is 13.4. The van der Waals surface area contributed by atoms with Crippen molar-refractivity contribution in [3.63, 3.8) is 0 Å². The highest BCUT2D eigenvalue weighted by Gasteiger charge is 2.30. The van der Waals surface area contributed by atoms with E-state index < -0.39 is 0 Å². The summed E-state index contributed by atoms with van der Waals surface area (Å²) in [6.45, 7) is 6.95. The highest BCUT2D eigenvalue weighted by molar-refractivity contribution is 5.95. The molecule has 0 aromatic heterocycles. The monoisotopic (exact) mass is 420 g/mol. The number of piperazine rings is 1. The van der Waals surface area contributed by atoms with Crippen LogP contribution in [0.25, 0.3) is 0 Å². The molecule has 1 aliphatic heterocycles. The van der Waals surface area contributed by atoms with E-state index in [0.717, 1.165) is 17.9 Å². The number of ether oxygens (including phenoxy) is 3. The number of carbonyl (C=O) groups excluding carboxylic acids is 1. The van der Waals surface area contributed by atoms with Gasteiger partial charge in [-0.15, -0.1) is 12.4 Å². The number of benzene rings is 2. The summed E-state index contributed by atoms with van der Waals surface area (Å²) in [5, 5.41) is 3.38. The van der Waals surface area contributed by atoms with E-state index in [0.29, 0.717) is 43.4 Å². The molecule has 6 nitrogen and oxygen atoms in total. The lowest BCUT2D eigenvalue weighted by molar-refractivity contribution is 0.0631. The first-order valence-corrected chi connectivity index (χ1v) is 9.73. The Kier molecular flexibility index (Phi) is 8.61. The van der Waals surface area contributed by atoms with Crippen molar-refractivity contribution in [2.24, 2.45) is 0 Å². The largest absolute Gasteiger partial charge is 0.496 e. The van der Waals surface area contributed by atoms with Crippen LogP contribution in [0.5, 0.6) is 17.2 Å². The Morgan fingerprint density at radius 3 is 2.52 bits per heavy atom. The second-order valence-electron chi connectivity index (χ2n) is 6.49. The predicted octanol–water partition coefficient (Wildman–Crippen LogP) is 3.70. The first kappa shape index (κ1) is 22.8. The maximum Gasteiger partial charge on any atom is 0.254 e. The van der Waals surface area contributed by atoms with E-state index in [9.17, 15) is 4.79 Å². The van der Waals surface area contributed by atoms with Crippen LogP contribution in [0.3, 0.4) is 0 Å². The lowest BCUT2D eigenvalue weighted by Gasteiger charge is -2.37. The molecule has 1 fully saturated rings. The van der Waals surface area contributed by atoms with Gasteiger partial charge in [-0.1, -0.05) is 18.2 Å². The van der Waals surface area contributed by atoms with Gasteiger partial charge >= 0.3 is 0 Å². The number of amides is 1. The fourth-order valence-electron chi connectivity index (χ4n) is 3.52. The Balaban J connectivity index is 0.00000300. The summed E-state index contributed by atoms with van der Waals surface area (Å²) >= 11 is 0. The van der Waals surface area contributed by atoms with Gasteiger partial charge in [0.2, 0.25) is 0 Å². The summed E-state index contributed by atoms with van der Waals surface area (Å²) in [4.78, 5) is 15.3. The zero-order chi connectivity index (χ0) is 19.9. The van der Waals surface area contributed by atoms with Gasteiger partial charge in [0, 0.05) is 30.8 Å². The fraction of sp³-hybridized carbons (Fsp3) is 0.409. The third kappa shape index (κ3) is 5.14. The van der Waals surface area contributed by atoms with E-state index in [-0.39, 0.29) is 24.4 Å². The van der Waals surface area contributed by atoms with Crippen LogP contribution in [-0.2, 0) is 0 Å². The Labute approximate surface area is 178 Å². The van der Waals surface area contributed by atoms with E-state index >= 15 is 0 Å². The molecule has 1 atom stereocenters. The molecule has 2 aromatic carbocycles. The molecule has 0 aliphatic carbocycles. The molecule has 1 N–H and O–H groups in total.